The molecule has 0 aliphatic rings. The molecule has 4 heteroatoms. The maximum Gasteiger partial charge on any atom is 0.186 e. The second-order valence-corrected chi connectivity index (χ2v) is 5.21. The molecule has 18 heavy (non-hydrogen) atoms. The standard InChI is InChI=1S/C13H16N2OS.CH4/c1-4-17-13-7-10(12(8-14)15-16)5-6-11(13)9(2)3;/h5-7,9,16H,4H2,1-3H3;1H4/b15-12+;. The Labute approximate surface area is 114 Å². The van der Waals surface area contributed by atoms with E-state index in [9.17, 15) is 0 Å². The highest BCUT2D eigenvalue weighted by atomic mass is 32.2. The Bertz CT molecular complexity index is 461. The summed E-state index contributed by atoms with van der Waals surface area (Å²) in [6.07, 6.45) is 0. The Hall–Kier alpha value is -1.47. The molecule has 1 N–H and O–H groups in total. The van der Waals surface area contributed by atoms with Crippen LogP contribution in [0, 0.1) is 11.3 Å². The quantitative estimate of drug-likeness (QED) is 0.382. The topological polar surface area (TPSA) is 56.4 Å². The monoisotopic (exact) mass is 264 g/mol. The van der Waals surface area contributed by atoms with Crippen molar-refractivity contribution in [2.45, 2.75) is 39.0 Å². The summed E-state index contributed by atoms with van der Waals surface area (Å²) in [6.45, 7) is 6.37. The molecule has 0 bridgehead atoms. The van der Waals surface area contributed by atoms with Gasteiger partial charge in [-0.2, -0.15) is 5.26 Å². The number of nitrogens with zero attached hydrogens (tertiary/aromatic N) is 2. The van der Waals surface area contributed by atoms with Crippen molar-refractivity contribution in [1.29, 1.82) is 5.26 Å². The van der Waals surface area contributed by atoms with Crippen LogP contribution in [0.2, 0.25) is 0 Å². The molecule has 0 saturated heterocycles. The molecule has 98 valence electrons. The van der Waals surface area contributed by atoms with E-state index in [2.05, 4.69) is 25.9 Å². The Morgan fingerprint density at radius 2 is 2.17 bits per heavy atom. The fourth-order valence-corrected chi connectivity index (χ4v) is 2.58. The van der Waals surface area contributed by atoms with Crippen LogP contribution in [0.3, 0.4) is 0 Å². The van der Waals surface area contributed by atoms with Crippen LogP contribution in [0.5, 0.6) is 0 Å². The molecule has 0 aromatic heterocycles. The van der Waals surface area contributed by atoms with Gasteiger partial charge in [-0.15, -0.1) is 11.8 Å². The third kappa shape index (κ3) is 3.78. The lowest BCUT2D eigenvalue weighted by atomic mass is 10.0. The SMILES string of the molecule is C.CCSc1cc(/C(C#N)=N/O)ccc1C(C)C. The minimum Gasteiger partial charge on any atom is -0.410 e. The number of nitriles is 1. The van der Waals surface area contributed by atoms with Crippen LogP contribution in [0.1, 0.15) is 45.2 Å². The minimum atomic E-state index is 0. The van der Waals surface area contributed by atoms with Gasteiger partial charge in [0.2, 0.25) is 0 Å². The summed E-state index contributed by atoms with van der Waals surface area (Å²) in [5.74, 6) is 1.41. The molecule has 0 aliphatic carbocycles. The number of thioether (sulfide) groups is 1. The van der Waals surface area contributed by atoms with Gasteiger partial charge in [0.25, 0.3) is 0 Å². The number of oxime groups is 1. The van der Waals surface area contributed by atoms with Crippen LogP contribution < -0.4 is 0 Å². The molecule has 1 aromatic carbocycles. The molecule has 0 heterocycles. The first-order chi connectivity index (χ1) is 8.13. The zero-order chi connectivity index (χ0) is 12.8. The second kappa shape index (κ2) is 7.78. The smallest absolute Gasteiger partial charge is 0.186 e. The predicted octanol–water partition coefficient (Wildman–Crippen LogP) is 4.26. The van der Waals surface area contributed by atoms with Gasteiger partial charge in [-0.3, -0.25) is 0 Å². The van der Waals surface area contributed by atoms with Gasteiger partial charge in [-0.1, -0.05) is 45.5 Å². The van der Waals surface area contributed by atoms with Crippen LogP contribution in [0.25, 0.3) is 0 Å². The Balaban J connectivity index is 0.00000289. The first kappa shape index (κ1) is 16.5. The van der Waals surface area contributed by atoms with E-state index < -0.39 is 0 Å². The molecule has 0 atom stereocenters. The summed E-state index contributed by atoms with van der Waals surface area (Å²) in [4.78, 5) is 1.15. The average Bonchev–Trinajstić information content (AvgIpc) is 2.31. The van der Waals surface area contributed by atoms with Gasteiger partial charge in [0.05, 0.1) is 0 Å². The first-order valence-electron chi connectivity index (χ1n) is 5.53. The summed E-state index contributed by atoms with van der Waals surface area (Å²) in [5, 5.41) is 20.6. The zero-order valence-electron chi connectivity index (χ0n) is 10.3. The Morgan fingerprint density at radius 3 is 2.61 bits per heavy atom. The normalized spacial score (nSPS) is 10.9. The summed E-state index contributed by atoms with van der Waals surface area (Å²) in [5.41, 5.74) is 1.98. The molecule has 0 radical (unpaired) electrons. The van der Waals surface area contributed by atoms with Gasteiger partial charge in [-0.25, -0.2) is 0 Å². The van der Waals surface area contributed by atoms with E-state index >= 15 is 0 Å². The maximum absolute atomic E-state index is 8.83. The molecule has 0 fully saturated rings. The highest BCUT2D eigenvalue weighted by molar-refractivity contribution is 7.99. The van der Waals surface area contributed by atoms with Crippen LogP contribution in [-0.2, 0) is 0 Å². The molecular weight excluding hydrogens is 244 g/mol. The molecule has 0 unspecified atom stereocenters. The van der Waals surface area contributed by atoms with E-state index in [0.717, 1.165) is 10.6 Å². The van der Waals surface area contributed by atoms with E-state index in [4.69, 9.17) is 10.5 Å². The molecule has 0 spiro atoms. The lowest BCUT2D eigenvalue weighted by Gasteiger charge is -2.12. The molecule has 1 aromatic rings. The van der Waals surface area contributed by atoms with E-state index in [1.54, 1.807) is 11.8 Å². The lowest BCUT2D eigenvalue weighted by molar-refractivity contribution is 0.320. The van der Waals surface area contributed by atoms with Crippen molar-refractivity contribution < 1.29 is 5.21 Å². The van der Waals surface area contributed by atoms with E-state index in [1.807, 2.05) is 24.3 Å². The highest BCUT2D eigenvalue weighted by Gasteiger charge is 2.10. The Morgan fingerprint density at radius 1 is 1.50 bits per heavy atom. The summed E-state index contributed by atoms with van der Waals surface area (Å²) < 4.78 is 0. The summed E-state index contributed by atoms with van der Waals surface area (Å²) >= 11 is 1.74. The highest BCUT2D eigenvalue weighted by Crippen LogP contribution is 2.29. The molecule has 1 rings (SSSR count). The van der Waals surface area contributed by atoms with E-state index in [0.29, 0.717) is 11.5 Å². The lowest BCUT2D eigenvalue weighted by Crippen LogP contribution is -2.00. The summed E-state index contributed by atoms with van der Waals surface area (Å²) in [7, 11) is 0. The summed E-state index contributed by atoms with van der Waals surface area (Å²) in [6, 6.07) is 7.62. The molecule has 0 amide bonds. The van der Waals surface area contributed by atoms with Crippen molar-refractivity contribution in [3.05, 3.63) is 29.3 Å². The fourth-order valence-electron chi connectivity index (χ4n) is 1.58. The van der Waals surface area contributed by atoms with Crippen LogP contribution >= 0.6 is 11.8 Å². The van der Waals surface area contributed by atoms with Gasteiger partial charge >= 0.3 is 0 Å². The molecular formula is C14H20N2OS. The Kier molecular flexibility index (Phi) is 7.14. The van der Waals surface area contributed by atoms with E-state index in [1.165, 1.54) is 5.56 Å². The van der Waals surface area contributed by atoms with Crippen molar-refractivity contribution in [1.82, 2.24) is 0 Å². The van der Waals surface area contributed by atoms with Crippen molar-refractivity contribution >= 4 is 17.5 Å². The third-order valence-electron chi connectivity index (χ3n) is 2.41. The van der Waals surface area contributed by atoms with Gasteiger partial charge in [0.15, 0.2) is 5.71 Å². The van der Waals surface area contributed by atoms with E-state index in [-0.39, 0.29) is 13.1 Å². The van der Waals surface area contributed by atoms with Gasteiger partial charge in [-0.05, 0) is 23.3 Å². The third-order valence-corrected chi connectivity index (χ3v) is 3.37. The van der Waals surface area contributed by atoms with Gasteiger partial charge in [0.1, 0.15) is 6.07 Å². The maximum atomic E-state index is 8.83. The molecule has 0 aliphatic heterocycles. The first-order valence-corrected chi connectivity index (χ1v) is 6.51. The van der Waals surface area contributed by atoms with Crippen molar-refractivity contribution in [2.24, 2.45) is 5.16 Å². The number of benzene rings is 1. The largest absolute Gasteiger partial charge is 0.410 e. The fraction of sp³-hybridized carbons (Fsp3) is 0.429. The van der Waals surface area contributed by atoms with Crippen LogP contribution in [0.15, 0.2) is 28.3 Å². The average molecular weight is 264 g/mol. The predicted molar refractivity (Wildman–Crippen MR) is 77.6 cm³/mol. The second-order valence-electron chi connectivity index (χ2n) is 3.90. The molecule has 0 saturated carbocycles. The molecule has 3 nitrogen and oxygen atoms in total. The van der Waals surface area contributed by atoms with Crippen molar-refractivity contribution in [3.63, 3.8) is 0 Å². The van der Waals surface area contributed by atoms with Crippen molar-refractivity contribution in [3.8, 4) is 6.07 Å². The number of hydrogen-bond donors (Lipinski definition) is 1. The minimum absolute atomic E-state index is 0. The van der Waals surface area contributed by atoms with Crippen molar-refractivity contribution in [2.75, 3.05) is 5.75 Å². The van der Waals surface area contributed by atoms with Gasteiger partial charge in [0, 0.05) is 10.5 Å². The zero-order valence-corrected chi connectivity index (χ0v) is 11.1. The van der Waals surface area contributed by atoms with Gasteiger partial charge < -0.3 is 5.21 Å². The number of rotatable bonds is 4. The van der Waals surface area contributed by atoms with Crippen LogP contribution in [-0.4, -0.2) is 16.7 Å². The van der Waals surface area contributed by atoms with Crippen LogP contribution in [0.4, 0.5) is 0 Å². The number of hydrogen-bond acceptors (Lipinski definition) is 4.